The summed E-state index contributed by atoms with van der Waals surface area (Å²) in [4.78, 5) is 0. The van der Waals surface area contributed by atoms with Crippen LogP contribution in [0.3, 0.4) is 0 Å². The van der Waals surface area contributed by atoms with Crippen molar-refractivity contribution in [3.05, 3.63) is 12.2 Å². The van der Waals surface area contributed by atoms with Crippen LogP contribution in [0.5, 0.6) is 0 Å². The van der Waals surface area contributed by atoms with E-state index in [0.29, 0.717) is 18.0 Å². The van der Waals surface area contributed by atoms with Crippen LogP contribution in [0.25, 0.3) is 0 Å². The first-order chi connectivity index (χ1) is 8.24. The summed E-state index contributed by atoms with van der Waals surface area (Å²) in [7, 11) is 0. The van der Waals surface area contributed by atoms with Gasteiger partial charge in [-0.15, -0.1) is 0 Å². The van der Waals surface area contributed by atoms with Crippen molar-refractivity contribution < 1.29 is 4.74 Å². The van der Waals surface area contributed by atoms with Crippen molar-refractivity contribution in [1.29, 1.82) is 0 Å². The van der Waals surface area contributed by atoms with Gasteiger partial charge < -0.3 is 10.1 Å². The highest BCUT2D eigenvalue weighted by molar-refractivity contribution is 5.11. The van der Waals surface area contributed by atoms with Gasteiger partial charge in [0.05, 0.1) is 6.61 Å². The number of hydrogen-bond acceptors (Lipinski definition) is 2. The molecule has 0 aromatic rings. The van der Waals surface area contributed by atoms with E-state index in [1.54, 1.807) is 0 Å². The lowest BCUT2D eigenvalue weighted by atomic mass is 9.86. The van der Waals surface area contributed by atoms with Crippen LogP contribution in [0.2, 0.25) is 0 Å². The molecule has 2 fully saturated rings. The van der Waals surface area contributed by atoms with E-state index in [4.69, 9.17) is 4.74 Å². The van der Waals surface area contributed by atoms with Crippen LogP contribution in [0.15, 0.2) is 12.2 Å². The number of allylic oxidation sites excluding steroid dienone is 2. The molecule has 2 bridgehead atoms. The van der Waals surface area contributed by atoms with E-state index in [0.717, 1.165) is 31.0 Å². The molecule has 6 atom stereocenters. The van der Waals surface area contributed by atoms with E-state index < -0.39 is 0 Å². The molecule has 0 radical (unpaired) electrons. The zero-order valence-electron chi connectivity index (χ0n) is 11.1. The molecule has 0 amide bonds. The highest BCUT2D eigenvalue weighted by Crippen LogP contribution is 2.45. The normalized spacial score (nSPS) is 46.4. The number of rotatable bonds is 3. The standard InChI is InChI=1S/C15H25NO/c1-10-9-17-6-5-15(10)16-11(2)14-8-12-3-4-13(14)7-12/h3-4,10-16H,5-9H2,1-2H3. The van der Waals surface area contributed by atoms with E-state index in [9.17, 15) is 0 Å². The fraction of sp³-hybridized carbons (Fsp3) is 0.867. The largest absolute Gasteiger partial charge is 0.381 e. The van der Waals surface area contributed by atoms with Gasteiger partial charge in [0.1, 0.15) is 0 Å². The Kier molecular flexibility index (Phi) is 3.27. The van der Waals surface area contributed by atoms with Crippen molar-refractivity contribution in [2.75, 3.05) is 13.2 Å². The monoisotopic (exact) mass is 235 g/mol. The van der Waals surface area contributed by atoms with E-state index in [1.165, 1.54) is 19.3 Å². The van der Waals surface area contributed by atoms with E-state index >= 15 is 0 Å². The maximum atomic E-state index is 5.52. The molecule has 1 heterocycles. The third-order valence-electron chi connectivity index (χ3n) is 5.09. The molecule has 0 aromatic carbocycles. The maximum absolute atomic E-state index is 5.52. The Bertz CT molecular complexity index is 301. The van der Waals surface area contributed by atoms with Crippen molar-refractivity contribution in [3.8, 4) is 0 Å². The summed E-state index contributed by atoms with van der Waals surface area (Å²) in [6.45, 7) is 6.57. The van der Waals surface area contributed by atoms with Gasteiger partial charge in [-0.25, -0.2) is 0 Å². The molecule has 96 valence electrons. The van der Waals surface area contributed by atoms with Gasteiger partial charge in [0.25, 0.3) is 0 Å². The van der Waals surface area contributed by atoms with Crippen LogP contribution in [-0.4, -0.2) is 25.3 Å². The maximum Gasteiger partial charge on any atom is 0.0506 e. The van der Waals surface area contributed by atoms with Gasteiger partial charge in [-0.3, -0.25) is 0 Å². The van der Waals surface area contributed by atoms with Gasteiger partial charge >= 0.3 is 0 Å². The fourth-order valence-corrected chi connectivity index (χ4v) is 3.99. The lowest BCUT2D eigenvalue weighted by Crippen LogP contribution is -2.48. The number of hydrogen-bond donors (Lipinski definition) is 1. The van der Waals surface area contributed by atoms with Crippen LogP contribution < -0.4 is 5.32 Å². The van der Waals surface area contributed by atoms with Crippen LogP contribution in [0, 0.1) is 23.7 Å². The first kappa shape index (κ1) is 11.7. The Morgan fingerprint density at radius 2 is 2.18 bits per heavy atom. The van der Waals surface area contributed by atoms with Crippen molar-refractivity contribution >= 4 is 0 Å². The third-order valence-corrected chi connectivity index (χ3v) is 5.09. The van der Waals surface area contributed by atoms with E-state index in [2.05, 4.69) is 31.3 Å². The highest BCUT2D eigenvalue weighted by Gasteiger charge is 2.39. The molecule has 3 aliphatic rings. The van der Waals surface area contributed by atoms with Crippen LogP contribution >= 0.6 is 0 Å². The molecular weight excluding hydrogens is 210 g/mol. The minimum atomic E-state index is 0.667. The third kappa shape index (κ3) is 2.30. The van der Waals surface area contributed by atoms with Gasteiger partial charge in [-0.2, -0.15) is 0 Å². The summed E-state index contributed by atoms with van der Waals surface area (Å²) in [5.41, 5.74) is 0. The van der Waals surface area contributed by atoms with Gasteiger partial charge in [-0.1, -0.05) is 19.1 Å². The van der Waals surface area contributed by atoms with Gasteiger partial charge in [0.15, 0.2) is 0 Å². The summed E-state index contributed by atoms with van der Waals surface area (Å²) in [6, 6.07) is 1.34. The molecule has 6 unspecified atom stereocenters. The van der Waals surface area contributed by atoms with Crippen LogP contribution in [-0.2, 0) is 4.74 Å². The molecule has 2 aliphatic carbocycles. The summed E-state index contributed by atoms with van der Waals surface area (Å²) in [6.07, 6.45) is 8.91. The molecular formula is C15H25NO. The van der Waals surface area contributed by atoms with Gasteiger partial charge in [0, 0.05) is 18.7 Å². The van der Waals surface area contributed by atoms with Crippen molar-refractivity contribution in [2.45, 2.75) is 45.2 Å². The Hall–Kier alpha value is -0.340. The Morgan fingerprint density at radius 3 is 2.82 bits per heavy atom. The Labute approximate surface area is 105 Å². The number of fused-ring (bicyclic) bond motifs is 2. The quantitative estimate of drug-likeness (QED) is 0.759. The fourth-order valence-electron chi connectivity index (χ4n) is 3.99. The Balaban J connectivity index is 1.56. The Morgan fingerprint density at radius 1 is 1.29 bits per heavy atom. The average Bonchev–Trinajstić information content (AvgIpc) is 2.94. The molecule has 2 heteroatoms. The molecule has 17 heavy (non-hydrogen) atoms. The molecule has 0 spiro atoms. The number of nitrogens with one attached hydrogen (secondary N) is 1. The highest BCUT2D eigenvalue weighted by atomic mass is 16.5. The zero-order valence-corrected chi connectivity index (χ0v) is 11.1. The molecule has 1 saturated heterocycles. The summed E-state index contributed by atoms with van der Waals surface area (Å²) >= 11 is 0. The second-order valence-electron chi connectivity index (χ2n) is 6.35. The van der Waals surface area contributed by atoms with E-state index in [1.807, 2.05) is 0 Å². The topological polar surface area (TPSA) is 21.3 Å². The predicted molar refractivity (Wildman–Crippen MR) is 69.8 cm³/mol. The van der Waals surface area contributed by atoms with Crippen molar-refractivity contribution in [2.24, 2.45) is 23.7 Å². The first-order valence-electron chi connectivity index (χ1n) is 7.26. The summed E-state index contributed by atoms with van der Waals surface area (Å²) < 4.78 is 5.52. The molecule has 2 nitrogen and oxygen atoms in total. The smallest absolute Gasteiger partial charge is 0.0506 e. The molecule has 1 saturated carbocycles. The molecule has 1 aliphatic heterocycles. The second kappa shape index (κ2) is 4.74. The minimum Gasteiger partial charge on any atom is -0.381 e. The van der Waals surface area contributed by atoms with Crippen molar-refractivity contribution in [1.82, 2.24) is 5.32 Å². The molecule has 1 N–H and O–H groups in total. The minimum absolute atomic E-state index is 0.667. The lowest BCUT2D eigenvalue weighted by Gasteiger charge is -2.35. The average molecular weight is 235 g/mol. The summed E-state index contributed by atoms with van der Waals surface area (Å²) in [5.74, 6) is 3.29. The van der Waals surface area contributed by atoms with Crippen molar-refractivity contribution in [3.63, 3.8) is 0 Å². The van der Waals surface area contributed by atoms with E-state index in [-0.39, 0.29) is 0 Å². The molecule has 3 rings (SSSR count). The van der Waals surface area contributed by atoms with Crippen LogP contribution in [0.1, 0.15) is 33.1 Å². The predicted octanol–water partition coefficient (Wildman–Crippen LogP) is 2.60. The lowest BCUT2D eigenvalue weighted by molar-refractivity contribution is 0.0335. The van der Waals surface area contributed by atoms with Crippen LogP contribution in [0.4, 0.5) is 0 Å². The van der Waals surface area contributed by atoms with Gasteiger partial charge in [0.2, 0.25) is 0 Å². The molecule has 0 aromatic heterocycles. The van der Waals surface area contributed by atoms with Gasteiger partial charge in [-0.05, 0) is 49.9 Å². The zero-order chi connectivity index (χ0) is 11.8. The number of ether oxygens (including phenoxy) is 1. The second-order valence-corrected chi connectivity index (χ2v) is 6.35. The first-order valence-corrected chi connectivity index (χ1v) is 7.26. The summed E-state index contributed by atoms with van der Waals surface area (Å²) in [5, 5.41) is 3.88. The SMILES string of the molecule is CC1COCCC1NC(C)C1CC2C=CC1C2.